The quantitative estimate of drug-likeness (QED) is 0.903. The first-order valence-corrected chi connectivity index (χ1v) is 6.38. The molecule has 0 saturated heterocycles. The average molecular weight is 274 g/mol. The second kappa shape index (κ2) is 5.68. The Bertz CT molecular complexity index is 619. The van der Waals surface area contributed by atoms with Crippen molar-refractivity contribution in [3.8, 4) is 5.82 Å². The van der Waals surface area contributed by atoms with Crippen LogP contribution in [0.15, 0.2) is 18.3 Å². The van der Waals surface area contributed by atoms with Crippen LogP contribution >= 0.6 is 0 Å². The van der Waals surface area contributed by atoms with Gasteiger partial charge < -0.3 is 10.2 Å². The highest BCUT2D eigenvalue weighted by Gasteiger charge is 2.13. The molecule has 0 aliphatic carbocycles. The SMILES string of the molecule is CCNc1nc(C)cc(-n2ccc(C(=O)N(C)C)n2)n1. The van der Waals surface area contributed by atoms with E-state index in [1.807, 2.05) is 19.9 Å². The van der Waals surface area contributed by atoms with Gasteiger partial charge >= 0.3 is 0 Å². The largest absolute Gasteiger partial charge is 0.354 e. The van der Waals surface area contributed by atoms with Crippen molar-refractivity contribution in [2.24, 2.45) is 0 Å². The first kappa shape index (κ1) is 14.0. The fourth-order valence-electron chi connectivity index (χ4n) is 1.70. The summed E-state index contributed by atoms with van der Waals surface area (Å²) in [4.78, 5) is 22.0. The summed E-state index contributed by atoms with van der Waals surface area (Å²) >= 11 is 0. The van der Waals surface area contributed by atoms with Crippen LogP contribution in [-0.2, 0) is 0 Å². The number of aryl methyl sites for hydroxylation is 1. The van der Waals surface area contributed by atoms with Crippen LogP contribution in [0.3, 0.4) is 0 Å². The number of aromatic nitrogens is 4. The zero-order chi connectivity index (χ0) is 14.7. The van der Waals surface area contributed by atoms with Gasteiger partial charge in [-0.05, 0) is 19.9 Å². The van der Waals surface area contributed by atoms with Crippen molar-refractivity contribution in [3.05, 3.63) is 29.7 Å². The third-order valence-corrected chi connectivity index (χ3v) is 2.62. The normalized spacial score (nSPS) is 10.4. The van der Waals surface area contributed by atoms with Gasteiger partial charge in [0.1, 0.15) is 0 Å². The number of rotatable bonds is 4. The van der Waals surface area contributed by atoms with Gasteiger partial charge in [0, 0.05) is 38.6 Å². The van der Waals surface area contributed by atoms with Crippen LogP contribution in [-0.4, -0.2) is 51.2 Å². The molecule has 2 aromatic rings. The van der Waals surface area contributed by atoms with Crippen molar-refractivity contribution in [3.63, 3.8) is 0 Å². The van der Waals surface area contributed by atoms with E-state index in [0.29, 0.717) is 17.5 Å². The summed E-state index contributed by atoms with van der Waals surface area (Å²) in [5.41, 5.74) is 1.22. The molecule has 0 radical (unpaired) electrons. The molecule has 1 amide bonds. The van der Waals surface area contributed by atoms with E-state index in [2.05, 4.69) is 20.4 Å². The molecular formula is C13H18N6O. The molecule has 7 heteroatoms. The van der Waals surface area contributed by atoms with Gasteiger partial charge in [-0.2, -0.15) is 10.1 Å². The van der Waals surface area contributed by atoms with Crippen molar-refractivity contribution in [1.82, 2.24) is 24.6 Å². The molecule has 0 aromatic carbocycles. The Labute approximate surface area is 117 Å². The van der Waals surface area contributed by atoms with E-state index in [0.717, 1.165) is 12.2 Å². The molecule has 0 atom stereocenters. The molecule has 7 nitrogen and oxygen atoms in total. The number of amides is 1. The fraction of sp³-hybridized carbons (Fsp3) is 0.385. The molecule has 0 fully saturated rings. The van der Waals surface area contributed by atoms with E-state index < -0.39 is 0 Å². The van der Waals surface area contributed by atoms with Crippen LogP contribution in [0.1, 0.15) is 23.1 Å². The lowest BCUT2D eigenvalue weighted by Gasteiger charge is -2.08. The fourth-order valence-corrected chi connectivity index (χ4v) is 1.70. The molecular weight excluding hydrogens is 256 g/mol. The van der Waals surface area contributed by atoms with Gasteiger partial charge in [-0.15, -0.1) is 0 Å². The smallest absolute Gasteiger partial charge is 0.273 e. The van der Waals surface area contributed by atoms with Crippen LogP contribution in [0.5, 0.6) is 0 Å². The lowest BCUT2D eigenvalue weighted by atomic mass is 10.4. The molecule has 2 aromatic heterocycles. The Morgan fingerprint density at radius 2 is 2.15 bits per heavy atom. The summed E-state index contributed by atoms with van der Waals surface area (Å²) in [7, 11) is 3.39. The summed E-state index contributed by atoms with van der Waals surface area (Å²) in [5.74, 6) is 1.05. The van der Waals surface area contributed by atoms with Crippen LogP contribution < -0.4 is 5.32 Å². The van der Waals surface area contributed by atoms with Crippen LogP contribution in [0.25, 0.3) is 5.82 Å². The summed E-state index contributed by atoms with van der Waals surface area (Å²) < 4.78 is 1.58. The molecule has 0 saturated carbocycles. The Hall–Kier alpha value is -2.44. The first-order valence-electron chi connectivity index (χ1n) is 6.38. The Balaban J connectivity index is 2.34. The predicted molar refractivity (Wildman–Crippen MR) is 76.1 cm³/mol. The highest BCUT2D eigenvalue weighted by atomic mass is 16.2. The predicted octanol–water partition coefficient (Wildman–Crippen LogP) is 1.10. The van der Waals surface area contributed by atoms with Crippen LogP contribution in [0.2, 0.25) is 0 Å². The zero-order valence-electron chi connectivity index (χ0n) is 12.1. The van der Waals surface area contributed by atoms with Gasteiger partial charge in [-0.25, -0.2) is 9.67 Å². The number of carbonyl (C=O) groups excluding carboxylic acids is 1. The molecule has 2 rings (SSSR count). The third-order valence-electron chi connectivity index (χ3n) is 2.62. The Kier molecular flexibility index (Phi) is 3.97. The van der Waals surface area contributed by atoms with Gasteiger partial charge in [-0.1, -0.05) is 0 Å². The monoisotopic (exact) mass is 274 g/mol. The number of carbonyl (C=O) groups is 1. The summed E-state index contributed by atoms with van der Waals surface area (Å²) in [6, 6.07) is 3.49. The Morgan fingerprint density at radius 1 is 1.40 bits per heavy atom. The number of anilines is 1. The minimum Gasteiger partial charge on any atom is -0.354 e. The average Bonchev–Trinajstić information content (AvgIpc) is 2.87. The number of nitrogens with zero attached hydrogens (tertiary/aromatic N) is 5. The van der Waals surface area contributed by atoms with Crippen molar-refractivity contribution in [2.45, 2.75) is 13.8 Å². The van der Waals surface area contributed by atoms with Gasteiger partial charge in [0.05, 0.1) is 0 Å². The molecule has 20 heavy (non-hydrogen) atoms. The minimum absolute atomic E-state index is 0.138. The van der Waals surface area contributed by atoms with E-state index in [9.17, 15) is 4.79 Å². The maximum atomic E-state index is 11.8. The first-order chi connectivity index (χ1) is 9.51. The summed E-state index contributed by atoms with van der Waals surface area (Å²) in [6.07, 6.45) is 1.72. The van der Waals surface area contributed by atoms with Gasteiger partial charge in [0.25, 0.3) is 5.91 Å². The molecule has 0 aliphatic heterocycles. The van der Waals surface area contributed by atoms with Crippen molar-refractivity contribution in [2.75, 3.05) is 26.0 Å². The topological polar surface area (TPSA) is 75.9 Å². The second-order valence-electron chi connectivity index (χ2n) is 4.57. The minimum atomic E-state index is -0.138. The summed E-state index contributed by atoms with van der Waals surface area (Å²) in [6.45, 7) is 4.61. The van der Waals surface area contributed by atoms with Crippen molar-refractivity contribution < 1.29 is 4.79 Å². The maximum Gasteiger partial charge on any atom is 0.273 e. The van der Waals surface area contributed by atoms with E-state index in [1.165, 1.54) is 4.90 Å². The highest BCUT2D eigenvalue weighted by Crippen LogP contribution is 2.10. The third kappa shape index (κ3) is 2.93. The molecule has 106 valence electrons. The van der Waals surface area contributed by atoms with Crippen LogP contribution in [0, 0.1) is 6.92 Å². The standard InChI is InChI=1S/C13H18N6O/c1-5-14-13-15-9(2)8-11(16-13)19-7-6-10(17-19)12(20)18(3)4/h6-8H,5H2,1-4H3,(H,14,15,16). The van der Waals surface area contributed by atoms with Crippen molar-refractivity contribution >= 4 is 11.9 Å². The van der Waals surface area contributed by atoms with E-state index in [4.69, 9.17) is 0 Å². The van der Waals surface area contributed by atoms with E-state index in [1.54, 1.807) is 31.0 Å². The molecule has 2 heterocycles. The van der Waals surface area contributed by atoms with E-state index in [-0.39, 0.29) is 5.91 Å². The van der Waals surface area contributed by atoms with Crippen molar-refractivity contribution in [1.29, 1.82) is 0 Å². The van der Waals surface area contributed by atoms with Gasteiger partial charge in [0.2, 0.25) is 5.95 Å². The van der Waals surface area contributed by atoms with Gasteiger partial charge in [0.15, 0.2) is 11.5 Å². The Morgan fingerprint density at radius 3 is 2.80 bits per heavy atom. The lowest BCUT2D eigenvalue weighted by Crippen LogP contribution is -2.22. The molecule has 0 spiro atoms. The number of hydrogen-bond acceptors (Lipinski definition) is 5. The summed E-state index contributed by atoms with van der Waals surface area (Å²) in [5, 5.41) is 7.32. The number of hydrogen-bond donors (Lipinski definition) is 1. The maximum absolute atomic E-state index is 11.8. The lowest BCUT2D eigenvalue weighted by molar-refractivity contribution is 0.0821. The molecule has 0 aliphatic rings. The van der Waals surface area contributed by atoms with Gasteiger partial charge in [-0.3, -0.25) is 4.79 Å². The molecule has 0 bridgehead atoms. The molecule has 1 N–H and O–H groups in total. The van der Waals surface area contributed by atoms with Crippen LogP contribution in [0.4, 0.5) is 5.95 Å². The second-order valence-corrected chi connectivity index (χ2v) is 4.57. The van der Waals surface area contributed by atoms with E-state index >= 15 is 0 Å². The number of nitrogens with one attached hydrogen (secondary N) is 1. The zero-order valence-corrected chi connectivity index (χ0v) is 12.1. The molecule has 0 unspecified atom stereocenters. The highest BCUT2D eigenvalue weighted by molar-refractivity contribution is 5.91.